The van der Waals surface area contributed by atoms with Crippen molar-refractivity contribution in [1.82, 2.24) is 5.32 Å². The molecule has 0 unspecified atom stereocenters. The van der Waals surface area contributed by atoms with Crippen LogP contribution in [-0.4, -0.2) is 22.7 Å². The molecule has 0 fully saturated rings. The summed E-state index contributed by atoms with van der Waals surface area (Å²) in [7, 11) is 0. The molecule has 0 aliphatic rings. The first-order valence-electron chi connectivity index (χ1n) is 7.54. The summed E-state index contributed by atoms with van der Waals surface area (Å²) in [6, 6.07) is 2.43. The minimum atomic E-state index is -0.640. The van der Waals surface area contributed by atoms with Gasteiger partial charge in [0, 0.05) is 18.7 Å². The van der Waals surface area contributed by atoms with Gasteiger partial charge in [0.15, 0.2) is 0 Å². The van der Waals surface area contributed by atoms with Crippen molar-refractivity contribution in [2.75, 3.05) is 6.54 Å². The van der Waals surface area contributed by atoms with Crippen molar-refractivity contribution in [1.29, 1.82) is 0 Å². The number of phenols is 2. The molecular formula is C17H21NO5. The zero-order valence-electron chi connectivity index (χ0n) is 13.5. The van der Waals surface area contributed by atoms with Crippen LogP contribution in [0.25, 0.3) is 11.0 Å². The molecule has 2 aromatic rings. The summed E-state index contributed by atoms with van der Waals surface area (Å²) in [5.41, 5.74) is 0.140. The van der Waals surface area contributed by atoms with Gasteiger partial charge in [0.05, 0.1) is 17.4 Å². The van der Waals surface area contributed by atoms with Gasteiger partial charge in [-0.15, -0.1) is 0 Å². The Balaban J connectivity index is 2.31. The number of carbonyl (C=O) groups is 1. The smallest absolute Gasteiger partial charge is 0.340 e. The Morgan fingerprint density at radius 3 is 2.65 bits per heavy atom. The zero-order valence-corrected chi connectivity index (χ0v) is 13.5. The third kappa shape index (κ3) is 3.83. The molecule has 0 radical (unpaired) electrons. The lowest BCUT2D eigenvalue weighted by atomic mass is 10.0. The van der Waals surface area contributed by atoms with Gasteiger partial charge in [0.1, 0.15) is 17.1 Å². The molecule has 0 saturated carbocycles. The number of hydrogen-bond acceptors (Lipinski definition) is 5. The number of hydrogen-bond donors (Lipinski definition) is 3. The maximum Gasteiger partial charge on any atom is 0.340 e. The zero-order chi connectivity index (χ0) is 17.1. The normalized spacial score (nSPS) is 11.1. The average Bonchev–Trinajstić information content (AvgIpc) is 2.41. The van der Waals surface area contributed by atoms with E-state index in [0.717, 1.165) is 6.42 Å². The molecule has 0 aliphatic carbocycles. The van der Waals surface area contributed by atoms with Gasteiger partial charge in [-0.05, 0) is 24.8 Å². The van der Waals surface area contributed by atoms with Crippen molar-refractivity contribution >= 4 is 16.9 Å². The Morgan fingerprint density at radius 1 is 1.30 bits per heavy atom. The van der Waals surface area contributed by atoms with Crippen LogP contribution in [0.1, 0.15) is 31.4 Å². The van der Waals surface area contributed by atoms with Crippen LogP contribution in [0.5, 0.6) is 11.5 Å². The summed E-state index contributed by atoms with van der Waals surface area (Å²) in [4.78, 5) is 24.1. The highest BCUT2D eigenvalue weighted by Crippen LogP contribution is 2.32. The second kappa shape index (κ2) is 6.73. The highest BCUT2D eigenvalue weighted by Gasteiger charge is 2.17. The van der Waals surface area contributed by atoms with Crippen molar-refractivity contribution in [3.63, 3.8) is 0 Å². The van der Waals surface area contributed by atoms with Crippen LogP contribution in [0.2, 0.25) is 0 Å². The molecule has 1 amide bonds. The Bertz CT molecular complexity index is 792. The monoisotopic (exact) mass is 319 g/mol. The van der Waals surface area contributed by atoms with E-state index in [1.807, 2.05) is 0 Å². The number of aryl methyl sites for hydroxylation is 1. The van der Waals surface area contributed by atoms with Crippen LogP contribution < -0.4 is 10.9 Å². The summed E-state index contributed by atoms with van der Waals surface area (Å²) >= 11 is 0. The number of amides is 1. The fourth-order valence-electron chi connectivity index (χ4n) is 2.44. The second-order valence-electron chi connectivity index (χ2n) is 6.04. The molecule has 0 bridgehead atoms. The quantitative estimate of drug-likeness (QED) is 0.734. The molecule has 1 aromatic carbocycles. The Hall–Kier alpha value is -2.50. The molecule has 0 atom stereocenters. The van der Waals surface area contributed by atoms with E-state index in [9.17, 15) is 19.8 Å². The first-order chi connectivity index (χ1) is 10.8. The summed E-state index contributed by atoms with van der Waals surface area (Å²) in [6.07, 6.45) is 0.750. The predicted octanol–water partition coefficient (Wildman–Crippen LogP) is 2.22. The summed E-state index contributed by atoms with van der Waals surface area (Å²) in [5.74, 6) is -0.175. The number of fused-ring (bicyclic) bond motifs is 1. The second-order valence-corrected chi connectivity index (χ2v) is 6.04. The maximum atomic E-state index is 12.1. The molecule has 3 N–H and O–H groups in total. The van der Waals surface area contributed by atoms with Gasteiger partial charge in [-0.25, -0.2) is 4.79 Å². The van der Waals surface area contributed by atoms with E-state index in [1.54, 1.807) is 6.92 Å². The summed E-state index contributed by atoms with van der Waals surface area (Å²) < 4.78 is 5.12. The van der Waals surface area contributed by atoms with Gasteiger partial charge in [0.25, 0.3) is 0 Å². The predicted molar refractivity (Wildman–Crippen MR) is 86.7 cm³/mol. The van der Waals surface area contributed by atoms with E-state index < -0.39 is 5.63 Å². The van der Waals surface area contributed by atoms with E-state index in [0.29, 0.717) is 23.4 Å². The van der Waals surface area contributed by atoms with Gasteiger partial charge in [-0.3, -0.25) is 4.79 Å². The molecular weight excluding hydrogens is 298 g/mol. The number of rotatable bonds is 5. The first kappa shape index (κ1) is 16.9. The Kier molecular flexibility index (Phi) is 4.93. The average molecular weight is 319 g/mol. The molecule has 6 nitrogen and oxygen atoms in total. The van der Waals surface area contributed by atoms with Gasteiger partial charge >= 0.3 is 5.63 Å². The van der Waals surface area contributed by atoms with Gasteiger partial charge in [-0.2, -0.15) is 0 Å². The van der Waals surface area contributed by atoms with Crippen LogP contribution in [0.3, 0.4) is 0 Å². The van der Waals surface area contributed by atoms with Crippen LogP contribution in [0, 0.1) is 12.8 Å². The molecule has 0 saturated heterocycles. The largest absolute Gasteiger partial charge is 0.508 e. The molecule has 2 rings (SSSR count). The molecule has 124 valence electrons. The number of benzene rings is 1. The van der Waals surface area contributed by atoms with Gasteiger partial charge in [0.2, 0.25) is 5.91 Å². The fourth-order valence-corrected chi connectivity index (χ4v) is 2.44. The van der Waals surface area contributed by atoms with Crippen LogP contribution >= 0.6 is 0 Å². The molecule has 0 aliphatic heterocycles. The number of phenolic OH excluding ortho intramolecular Hbond substituents is 2. The molecule has 6 heteroatoms. The van der Waals surface area contributed by atoms with Crippen LogP contribution in [-0.2, 0) is 11.2 Å². The summed E-state index contributed by atoms with van der Waals surface area (Å²) in [6.45, 7) is 6.32. The molecule has 1 heterocycles. The molecule has 0 spiro atoms. The summed E-state index contributed by atoms with van der Waals surface area (Å²) in [5, 5.41) is 22.5. The SMILES string of the molecule is Cc1c(CC(=O)NCCC(C)C)c(=O)oc2cc(O)cc(O)c12. The lowest BCUT2D eigenvalue weighted by Crippen LogP contribution is -2.29. The minimum Gasteiger partial charge on any atom is -0.508 e. The minimum absolute atomic E-state index is 0.0916. The van der Waals surface area contributed by atoms with Gasteiger partial charge < -0.3 is 19.9 Å². The number of aromatic hydroxyl groups is 2. The fraction of sp³-hybridized carbons (Fsp3) is 0.412. The molecule has 23 heavy (non-hydrogen) atoms. The van der Waals surface area contributed by atoms with Crippen molar-refractivity contribution in [2.24, 2.45) is 5.92 Å². The van der Waals surface area contributed by atoms with Crippen molar-refractivity contribution in [2.45, 2.75) is 33.6 Å². The Labute approximate surface area is 133 Å². The Morgan fingerprint density at radius 2 is 2.00 bits per heavy atom. The first-order valence-corrected chi connectivity index (χ1v) is 7.54. The third-order valence-corrected chi connectivity index (χ3v) is 3.72. The van der Waals surface area contributed by atoms with Gasteiger partial charge in [-0.1, -0.05) is 13.8 Å². The van der Waals surface area contributed by atoms with E-state index in [1.165, 1.54) is 12.1 Å². The van der Waals surface area contributed by atoms with Crippen molar-refractivity contribution in [3.8, 4) is 11.5 Å². The van der Waals surface area contributed by atoms with Crippen LogP contribution in [0.4, 0.5) is 0 Å². The topological polar surface area (TPSA) is 99.8 Å². The van der Waals surface area contributed by atoms with E-state index in [2.05, 4.69) is 19.2 Å². The maximum absolute atomic E-state index is 12.1. The lowest BCUT2D eigenvalue weighted by Gasteiger charge is -2.10. The number of carbonyl (C=O) groups excluding carboxylic acids is 1. The molecule has 1 aromatic heterocycles. The van der Waals surface area contributed by atoms with E-state index >= 15 is 0 Å². The van der Waals surface area contributed by atoms with E-state index in [4.69, 9.17) is 4.42 Å². The number of nitrogens with one attached hydrogen (secondary N) is 1. The third-order valence-electron chi connectivity index (χ3n) is 3.72. The van der Waals surface area contributed by atoms with E-state index in [-0.39, 0.29) is 35.0 Å². The highest BCUT2D eigenvalue weighted by atomic mass is 16.4. The highest BCUT2D eigenvalue weighted by molar-refractivity contribution is 5.89. The van der Waals surface area contributed by atoms with Crippen LogP contribution in [0.15, 0.2) is 21.3 Å². The van der Waals surface area contributed by atoms with Crippen molar-refractivity contribution in [3.05, 3.63) is 33.7 Å². The standard InChI is InChI=1S/C17H21NO5/c1-9(2)4-5-18-15(21)8-12-10(3)16-13(20)6-11(19)7-14(16)23-17(12)22/h6-7,9,19-20H,4-5,8H2,1-3H3,(H,18,21). The lowest BCUT2D eigenvalue weighted by molar-refractivity contribution is -0.120. The van der Waals surface area contributed by atoms with Crippen molar-refractivity contribution < 1.29 is 19.4 Å².